The number of rotatable bonds is 4. The van der Waals surface area contributed by atoms with Crippen LogP contribution in [0.2, 0.25) is 0 Å². The average molecular weight is 397 g/mol. The van der Waals surface area contributed by atoms with Crippen molar-refractivity contribution in [3.63, 3.8) is 0 Å². The highest BCUT2D eigenvalue weighted by Crippen LogP contribution is 2.37. The van der Waals surface area contributed by atoms with Crippen LogP contribution in [-0.2, 0) is 4.74 Å². The van der Waals surface area contributed by atoms with Crippen LogP contribution >= 0.6 is 0 Å². The second kappa shape index (κ2) is 9.46. The van der Waals surface area contributed by atoms with E-state index in [9.17, 15) is 4.79 Å². The molecule has 0 spiro atoms. The van der Waals surface area contributed by atoms with Crippen LogP contribution in [-0.4, -0.2) is 12.6 Å². The van der Waals surface area contributed by atoms with Gasteiger partial charge in [-0.1, -0.05) is 67.7 Å². The van der Waals surface area contributed by atoms with Gasteiger partial charge in [0.25, 0.3) is 0 Å². The standard InChI is InChI=1S/C28H28O2/c1-5-30-27(29)24-16-12-22(13-17-24)8-6-7-9-25-20-28(3,4)19-18-26(25)23-14-10-21(2)11-15-23/h7,9-18,20H,5,19H2,1-4H3/b9-7+. The first kappa shape index (κ1) is 21.4. The molecule has 3 rings (SSSR count). The fraction of sp³-hybridized carbons (Fsp3) is 0.250. The van der Waals surface area contributed by atoms with Gasteiger partial charge in [0.1, 0.15) is 0 Å². The number of esters is 1. The predicted molar refractivity (Wildman–Crippen MR) is 124 cm³/mol. The Bertz CT molecular complexity index is 1050. The minimum atomic E-state index is -0.306. The zero-order valence-corrected chi connectivity index (χ0v) is 18.2. The van der Waals surface area contributed by atoms with Crippen LogP contribution in [0.15, 0.2) is 78.4 Å². The number of aryl methyl sites for hydroxylation is 1. The van der Waals surface area contributed by atoms with Gasteiger partial charge < -0.3 is 4.74 Å². The summed E-state index contributed by atoms with van der Waals surface area (Å²) in [7, 11) is 0. The summed E-state index contributed by atoms with van der Waals surface area (Å²) in [5.74, 6) is 5.94. The molecule has 0 saturated heterocycles. The maximum absolute atomic E-state index is 11.7. The zero-order valence-electron chi connectivity index (χ0n) is 18.2. The van der Waals surface area contributed by atoms with Gasteiger partial charge in [-0.25, -0.2) is 4.79 Å². The van der Waals surface area contributed by atoms with Crippen molar-refractivity contribution in [3.8, 4) is 11.8 Å². The molecule has 2 heteroatoms. The average Bonchev–Trinajstić information content (AvgIpc) is 2.72. The lowest BCUT2D eigenvalue weighted by Gasteiger charge is -2.26. The van der Waals surface area contributed by atoms with Crippen molar-refractivity contribution in [2.24, 2.45) is 5.41 Å². The van der Waals surface area contributed by atoms with E-state index in [1.54, 1.807) is 19.1 Å². The minimum Gasteiger partial charge on any atom is -0.462 e. The van der Waals surface area contributed by atoms with E-state index >= 15 is 0 Å². The number of allylic oxidation sites excluding steroid dienone is 6. The van der Waals surface area contributed by atoms with Crippen LogP contribution in [0, 0.1) is 24.2 Å². The SMILES string of the molecule is CCOC(=O)c1ccc(C#C/C=C/C2=CC(C)(C)CC=C2c2ccc(C)cc2)cc1. The number of hydrogen-bond donors (Lipinski definition) is 0. The highest BCUT2D eigenvalue weighted by Gasteiger charge is 2.21. The minimum absolute atomic E-state index is 0.129. The molecule has 0 amide bonds. The topological polar surface area (TPSA) is 26.3 Å². The number of benzene rings is 2. The van der Waals surface area contributed by atoms with Gasteiger partial charge in [0.05, 0.1) is 12.2 Å². The molecular weight excluding hydrogens is 368 g/mol. The van der Waals surface area contributed by atoms with Crippen LogP contribution in [0.4, 0.5) is 0 Å². The largest absolute Gasteiger partial charge is 0.462 e. The van der Waals surface area contributed by atoms with Crippen LogP contribution in [0.25, 0.3) is 5.57 Å². The molecule has 2 aromatic rings. The van der Waals surface area contributed by atoms with E-state index in [2.05, 4.69) is 75.1 Å². The summed E-state index contributed by atoms with van der Waals surface area (Å²) >= 11 is 0. The molecule has 152 valence electrons. The Hall–Kier alpha value is -3.31. The van der Waals surface area contributed by atoms with Gasteiger partial charge >= 0.3 is 5.97 Å². The van der Waals surface area contributed by atoms with E-state index < -0.39 is 0 Å². The van der Waals surface area contributed by atoms with Gasteiger partial charge in [-0.05, 0) is 78.8 Å². The molecule has 0 unspecified atom stereocenters. The second-order valence-electron chi connectivity index (χ2n) is 8.18. The third-order valence-electron chi connectivity index (χ3n) is 5.01. The number of carbonyl (C=O) groups excluding carboxylic acids is 1. The van der Waals surface area contributed by atoms with Crippen molar-refractivity contribution < 1.29 is 9.53 Å². The third kappa shape index (κ3) is 5.61. The highest BCUT2D eigenvalue weighted by molar-refractivity contribution is 5.89. The monoisotopic (exact) mass is 396 g/mol. The molecule has 1 aliphatic carbocycles. The van der Waals surface area contributed by atoms with Gasteiger partial charge in [0, 0.05) is 5.56 Å². The summed E-state index contributed by atoms with van der Waals surface area (Å²) in [5, 5.41) is 0. The van der Waals surface area contributed by atoms with Gasteiger partial charge in [0.15, 0.2) is 0 Å². The maximum Gasteiger partial charge on any atom is 0.338 e. The molecule has 0 fully saturated rings. The summed E-state index contributed by atoms with van der Waals surface area (Å²) in [6, 6.07) is 15.8. The maximum atomic E-state index is 11.7. The fourth-order valence-corrected chi connectivity index (χ4v) is 3.36. The van der Waals surface area contributed by atoms with Crippen LogP contribution in [0.5, 0.6) is 0 Å². The van der Waals surface area contributed by atoms with E-state index in [4.69, 9.17) is 4.74 Å². The molecule has 2 aromatic carbocycles. The highest BCUT2D eigenvalue weighted by atomic mass is 16.5. The fourth-order valence-electron chi connectivity index (χ4n) is 3.36. The van der Waals surface area contributed by atoms with Gasteiger partial charge in [0.2, 0.25) is 0 Å². The van der Waals surface area contributed by atoms with E-state index in [0.717, 1.165) is 12.0 Å². The van der Waals surface area contributed by atoms with Crippen LogP contribution in [0.1, 0.15) is 54.2 Å². The first-order valence-corrected chi connectivity index (χ1v) is 10.3. The van der Waals surface area contributed by atoms with Crippen molar-refractivity contribution in [2.45, 2.75) is 34.1 Å². The van der Waals surface area contributed by atoms with E-state index in [1.165, 1.54) is 22.3 Å². The van der Waals surface area contributed by atoms with Gasteiger partial charge in [-0.15, -0.1) is 0 Å². The molecule has 1 aliphatic rings. The third-order valence-corrected chi connectivity index (χ3v) is 5.01. The van der Waals surface area contributed by atoms with E-state index in [-0.39, 0.29) is 11.4 Å². The lowest BCUT2D eigenvalue weighted by molar-refractivity contribution is 0.0526. The summed E-state index contributed by atoms with van der Waals surface area (Å²) in [6.07, 6.45) is 9.66. The van der Waals surface area contributed by atoms with Crippen molar-refractivity contribution in [3.05, 3.63) is 101 Å². The number of ether oxygens (including phenoxy) is 1. The molecule has 0 heterocycles. The zero-order chi connectivity index (χ0) is 21.6. The smallest absolute Gasteiger partial charge is 0.338 e. The molecule has 2 nitrogen and oxygen atoms in total. The Labute approximate surface area is 180 Å². The number of carbonyl (C=O) groups is 1. The van der Waals surface area contributed by atoms with E-state index in [0.29, 0.717) is 12.2 Å². The Morgan fingerprint density at radius 3 is 2.47 bits per heavy atom. The first-order chi connectivity index (χ1) is 14.4. The number of hydrogen-bond acceptors (Lipinski definition) is 2. The lowest BCUT2D eigenvalue weighted by Crippen LogP contribution is -2.11. The molecule has 0 aliphatic heterocycles. The normalized spacial score (nSPS) is 15.1. The molecule has 0 radical (unpaired) electrons. The van der Waals surface area contributed by atoms with Crippen molar-refractivity contribution in [2.75, 3.05) is 6.61 Å². The van der Waals surface area contributed by atoms with E-state index in [1.807, 2.05) is 18.2 Å². The van der Waals surface area contributed by atoms with Crippen molar-refractivity contribution in [1.82, 2.24) is 0 Å². The summed E-state index contributed by atoms with van der Waals surface area (Å²) in [6.45, 7) is 8.77. The second-order valence-corrected chi connectivity index (χ2v) is 8.18. The Kier molecular flexibility index (Phi) is 6.75. The Morgan fingerprint density at radius 2 is 1.80 bits per heavy atom. The van der Waals surface area contributed by atoms with Crippen LogP contribution < -0.4 is 0 Å². The van der Waals surface area contributed by atoms with Crippen LogP contribution in [0.3, 0.4) is 0 Å². The molecule has 30 heavy (non-hydrogen) atoms. The molecule has 0 bridgehead atoms. The lowest BCUT2D eigenvalue weighted by atomic mass is 9.78. The molecule has 0 saturated carbocycles. The molecule has 0 atom stereocenters. The predicted octanol–water partition coefficient (Wildman–Crippen LogP) is 6.52. The first-order valence-electron chi connectivity index (χ1n) is 10.3. The van der Waals surface area contributed by atoms with Crippen molar-refractivity contribution >= 4 is 11.5 Å². The van der Waals surface area contributed by atoms with Crippen molar-refractivity contribution in [1.29, 1.82) is 0 Å². The van der Waals surface area contributed by atoms with Gasteiger partial charge in [-0.2, -0.15) is 0 Å². The van der Waals surface area contributed by atoms with Gasteiger partial charge in [-0.3, -0.25) is 0 Å². The summed E-state index contributed by atoms with van der Waals surface area (Å²) in [4.78, 5) is 11.7. The quantitative estimate of drug-likeness (QED) is 0.434. The molecule has 0 aromatic heterocycles. The Balaban J connectivity index is 1.76. The molecule has 0 N–H and O–H groups in total. The summed E-state index contributed by atoms with van der Waals surface area (Å²) < 4.78 is 5.01. The summed E-state index contributed by atoms with van der Waals surface area (Å²) in [5.41, 5.74) is 6.48. The molecular formula is C28H28O2. The Morgan fingerprint density at radius 1 is 1.10 bits per heavy atom.